The van der Waals surface area contributed by atoms with E-state index in [1.165, 1.54) is 12.1 Å². The van der Waals surface area contributed by atoms with Gasteiger partial charge in [0.15, 0.2) is 6.23 Å². The van der Waals surface area contributed by atoms with Crippen LogP contribution in [0.15, 0.2) is 71.4 Å². The summed E-state index contributed by atoms with van der Waals surface area (Å²) < 4.78 is 13.3. The summed E-state index contributed by atoms with van der Waals surface area (Å²) in [5, 5.41) is 7.35. The van der Waals surface area contributed by atoms with E-state index in [9.17, 15) is 9.18 Å². The summed E-state index contributed by atoms with van der Waals surface area (Å²) in [5.41, 5.74) is 2.88. The number of amides is 1. The van der Waals surface area contributed by atoms with Crippen molar-refractivity contribution < 1.29 is 14.0 Å². The molecule has 0 radical (unpaired) electrons. The fourth-order valence-corrected chi connectivity index (χ4v) is 3.30. The van der Waals surface area contributed by atoms with Crippen LogP contribution >= 0.6 is 0 Å². The average molecular weight is 395 g/mol. The van der Waals surface area contributed by atoms with Gasteiger partial charge in [0.25, 0.3) is 5.91 Å². The topological polar surface area (TPSA) is 53.9 Å². The molecule has 152 valence electrons. The van der Waals surface area contributed by atoms with Crippen molar-refractivity contribution in [2.75, 3.05) is 11.4 Å². The van der Waals surface area contributed by atoms with Gasteiger partial charge in [0.05, 0.1) is 11.8 Å². The minimum absolute atomic E-state index is 0.126. The lowest BCUT2D eigenvalue weighted by atomic mass is 9.86. The summed E-state index contributed by atoms with van der Waals surface area (Å²) >= 11 is 0. The quantitative estimate of drug-likeness (QED) is 0.234. The molecule has 1 amide bonds. The van der Waals surface area contributed by atoms with Gasteiger partial charge in [-0.05, 0) is 55.8 Å². The van der Waals surface area contributed by atoms with E-state index in [4.69, 9.17) is 4.84 Å². The zero-order valence-corrected chi connectivity index (χ0v) is 16.9. The van der Waals surface area contributed by atoms with Crippen LogP contribution in [-0.2, 0) is 9.63 Å². The lowest BCUT2D eigenvalue weighted by Crippen LogP contribution is -2.49. The van der Waals surface area contributed by atoms with Crippen LogP contribution in [0, 0.1) is 5.82 Å². The van der Waals surface area contributed by atoms with E-state index in [2.05, 4.69) is 10.5 Å². The Morgan fingerprint density at radius 3 is 2.52 bits per heavy atom. The number of nitrogens with zero attached hydrogens (tertiary/aromatic N) is 2. The van der Waals surface area contributed by atoms with E-state index >= 15 is 0 Å². The Kier molecular flexibility index (Phi) is 6.77. The molecule has 0 aromatic heterocycles. The molecule has 1 aliphatic rings. The van der Waals surface area contributed by atoms with E-state index < -0.39 is 0 Å². The molecule has 29 heavy (non-hydrogen) atoms. The van der Waals surface area contributed by atoms with Crippen molar-refractivity contribution in [3.8, 4) is 0 Å². The molecule has 1 saturated heterocycles. The number of halogens is 1. The fraction of sp³-hybridized carbons (Fsp3) is 0.304. The van der Waals surface area contributed by atoms with Gasteiger partial charge in [-0.1, -0.05) is 49.3 Å². The van der Waals surface area contributed by atoms with Crippen molar-refractivity contribution >= 4 is 17.3 Å². The molecular formula is C23H26FN3O2. The van der Waals surface area contributed by atoms with Crippen molar-refractivity contribution in [1.29, 1.82) is 0 Å². The van der Waals surface area contributed by atoms with Crippen LogP contribution in [0.4, 0.5) is 10.1 Å². The number of hydrogen-bond donors (Lipinski definition) is 1. The highest BCUT2D eigenvalue weighted by molar-refractivity contribution is 6.18. The van der Waals surface area contributed by atoms with Gasteiger partial charge < -0.3 is 4.84 Å². The number of β-lactam (4-membered cyclic amide) rings is 1. The van der Waals surface area contributed by atoms with Crippen LogP contribution in [0.5, 0.6) is 0 Å². The highest BCUT2D eigenvalue weighted by Crippen LogP contribution is 2.43. The molecule has 5 nitrogen and oxygen atoms in total. The first-order chi connectivity index (χ1) is 14.0. The van der Waals surface area contributed by atoms with Gasteiger partial charge in [-0.25, -0.2) is 4.39 Å². The van der Waals surface area contributed by atoms with E-state index in [-0.39, 0.29) is 24.0 Å². The Bertz CT molecular complexity index is 894. The molecule has 0 saturated carbocycles. The van der Waals surface area contributed by atoms with E-state index in [1.54, 1.807) is 23.1 Å². The van der Waals surface area contributed by atoms with Crippen LogP contribution in [0.1, 0.15) is 38.8 Å². The summed E-state index contributed by atoms with van der Waals surface area (Å²) in [6.45, 7) is 6.61. The highest BCUT2D eigenvalue weighted by Gasteiger charge is 2.43. The largest absolute Gasteiger partial charge is 0.376 e. The summed E-state index contributed by atoms with van der Waals surface area (Å²) in [4.78, 5) is 20.1. The van der Waals surface area contributed by atoms with Gasteiger partial charge in [-0.2, -0.15) is 0 Å². The molecular weight excluding hydrogens is 369 g/mol. The number of carbonyl (C=O) groups is 1. The van der Waals surface area contributed by atoms with E-state index in [1.807, 2.05) is 51.1 Å². The first-order valence-electron chi connectivity index (χ1n) is 9.84. The number of nitrogens with one attached hydrogen (secondary N) is 1. The van der Waals surface area contributed by atoms with Gasteiger partial charge in [0, 0.05) is 11.3 Å². The standard InChI is InChI=1S/C23H26FN3O2/c1-4-21(25-5-2)29-26-16(3)15-20-22(17-9-7-6-8-10-17)27(23(20)28)19-13-11-18(24)12-14-19/h6-15,21-22,25H,4-5H2,1-3H3. The summed E-state index contributed by atoms with van der Waals surface area (Å²) in [6.07, 6.45) is 2.38. The Labute approximate surface area is 170 Å². The number of oxime groups is 1. The Hall–Kier alpha value is -2.99. The molecule has 1 fully saturated rings. The molecule has 1 aliphatic heterocycles. The second kappa shape index (κ2) is 9.47. The van der Waals surface area contributed by atoms with E-state index in [0.717, 1.165) is 18.5 Å². The fourth-order valence-electron chi connectivity index (χ4n) is 3.30. The van der Waals surface area contributed by atoms with Gasteiger partial charge in [-0.15, -0.1) is 0 Å². The summed E-state index contributed by atoms with van der Waals surface area (Å²) in [7, 11) is 0. The number of rotatable bonds is 8. The van der Waals surface area contributed by atoms with Crippen LogP contribution < -0.4 is 10.2 Å². The molecule has 2 aromatic rings. The van der Waals surface area contributed by atoms with Gasteiger partial charge in [0.2, 0.25) is 0 Å². The van der Waals surface area contributed by atoms with Gasteiger partial charge >= 0.3 is 0 Å². The number of anilines is 1. The minimum atomic E-state index is -0.333. The first kappa shape index (κ1) is 20.7. The van der Waals surface area contributed by atoms with Crippen molar-refractivity contribution in [2.45, 2.75) is 39.5 Å². The lowest BCUT2D eigenvalue weighted by molar-refractivity contribution is -0.119. The van der Waals surface area contributed by atoms with Crippen LogP contribution in [0.2, 0.25) is 0 Å². The van der Waals surface area contributed by atoms with Gasteiger partial charge in [0.1, 0.15) is 5.82 Å². The molecule has 1 N–H and O–H groups in total. The second-order valence-corrected chi connectivity index (χ2v) is 6.86. The molecule has 0 spiro atoms. The maximum absolute atomic E-state index is 13.3. The maximum Gasteiger partial charge on any atom is 0.257 e. The van der Waals surface area contributed by atoms with Gasteiger partial charge in [-0.3, -0.25) is 15.0 Å². The monoisotopic (exact) mass is 395 g/mol. The summed E-state index contributed by atoms with van der Waals surface area (Å²) in [6, 6.07) is 15.5. The van der Waals surface area contributed by atoms with Crippen LogP contribution in [0.3, 0.4) is 0 Å². The van der Waals surface area contributed by atoms with Crippen molar-refractivity contribution in [2.24, 2.45) is 5.16 Å². The zero-order chi connectivity index (χ0) is 20.8. The number of benzene rings is 2. The molecule has 0 aliphatic carbocycles. The molecule has 1 heterocycles. The zero-order valence-electron chi connectivity index (χ0n) is 16.9. The SMILES string of the molecule is CCNC(CC)ON=C(C)C=C1C(=O)N(c2ccc(F)cc2)C1c1ccccc1. The Balaban J connectivity index is 1.88. The van der Waals surface area contributed by atoms with Crippen molar-refractivity contribution in [1.82, 2.24) is 5.32 Å². The van der Waals surface area contributed by atoms with Crippen molar-refractivity contribution in [3.63, 3.8) is 0 Å². The number of allylic oxidation sites excluding steroid dienone is 1. The van der Waals surface area contributed by atoms with E-state index in [0.29, 0.717) is 17.0 Å². The number of hydrogen-bond acceptors (Lipinski definition) is 4. The highest BCUT2D eigenvalue weighted by atomic mass is 19.1. The molecule has 2 atom stereocenters. The third kappa shape index (κ3) is 4.71. The predicted octanol–water partition coefficient (Wildman–Crippen LogP) is 4.58. The lowest BCUT2D eigenvalue weighted by Gasteiger charge is -2.43. The Morgan fingerprint density at radius 2 is 1.90 bits per heavy atom. The second-order valence-electron chi connectivity index (χ2n) is 6.86. The van der Waals surface area contributed by atoms with Crippen LogP contribution in [-0.4, -0.2) is 24.4 Å². The normalized spacial score (nSPS) is 19.2. The summed E-state index contributed by atoms with van der Waals surface area (Å²) in [5.74, 6) is -0.459. The minimum Gasteiger partial charge on any atom is -0.376 e. The molecule has 3 rings (SSSR count). The third-order valence-corrected chi connectivity index (χ3v) is 4.73. The smallest absolute Gasteiger partial charge is 0.257 e. The predicted molar refractivity (Wildman–Crippen MR) is 113 cm³/mol. The average Bonchev–Trinajstić information content (AvgIpc) is 2.74. The molecule has 2 aromatic carbocycles. The van der Waals surface area contributed by atoms with Crippen molar-refractivity contribution in [3.05, 3.63) is 77.6 Å². The van der Waals surface area contributed by atoms with Crippen LogP contribution in [0.25, 0.3) is 0 Å². The third-order valence-electron chi connectivity index (χ3n) is 4.73. The molecule has 0 bridgehead atoms. The first-order valence-corrected chi connectivity index (χ1v) is 9.84. The maximum atomic E-state index is 13.3. The molecule has 2 unspecified atom stereocenters. The molecule has 6 heteroatoms. The number of carbonyl (C=O) groups excluding carboxylic acids is 1. The Morgan fingerprint density at radius 1 is 1.21 bits per heavy atom.